The number of carbonyl (C=O) groups is 1. The number of methoxy groups -OCH3 is 1. The van der Waals surface area contributed by atoms with Gasteiger partial charge in [-0.2, -0.15) is 4.98 Å². The van der Waals surface area contributed by atoms with Crippen LogP contribution in [0.4, 0.5) is 11.4 Å². The maximum atomic E-state index is 12.1. The molecule has 0 N–H and O–H groups in total. The van der Waals surface area contributed by atoms with Crippen LogP contribution in [0.3, 0.4) is 0 Å². The summed E-state index contributed by atoms with van der Waals surface area (Å²) >= 11 is 0. The van der Waals surface area contributed by atoms with Gasteiger partial charge in [0.2, 0.25) is 5.89 Å². The first-order chi connectivity index (χ1) is 12.5. The molecular weight excluding hydrogens is 342 g/mol. The molecule has 138 valence electrons. The van der Waals surface area contributed by atoms with Crippen molar-refractivity contribution in [2.45, 2.75) is 13.5 Å². The van der Waals surface area contributed by atoms with Crippen LogP contribution in [-0.4, -0.2) is 59.2 Å². The molecule has 3 rings (SSSR count). The monoisotopic (exact) mass is 361 g/mol. The molecule has 2 aromatic rings. The molecular formula is C16H19N5O5. The lowest BCUT2D eigenvalue weighted by atomic mass is 10.1. The second kappa shape index (κ2) is 7.48. The third-order valence-corrected chi connectivity index (χ3v) is 4.24. The maximum absolute atomic E-state index is 12.1. The van der Waals surface area contributed by atoms with Gasteiger partial charge in [0.1, 0.15) is 0 Å². The smallest absolute Gasteiger partial charge is 0.340 e. The highest BCUT2D eigenvalue weighted by Crippen LogP contribution is 2.27. The Morgan fingerprint density at radius 1 is 1.35 bits per heavy atom. The van der Waals surface area contributed by atoms with Crippen molar-refractivity contribution in [3.8, 4) is 0 Å². The van der Waals surface area contributed by atoms with Crippen LogP contribution < -0.4 is 4.90 Å². The molecule has 10 nitrogen and oxygen atoms in total. The number of nitro benzene ring substituents is 1. The van der Waals surface area contributed by atoms with Gasteiger partial charge in [-0.1, -0.05) is 5.16 Å². The van der Waals surface area contributed by atoms with Gasteiger partial charge in [-0.15, -0.1) is 0 Å². The summed E-state index contributed by atoms with van der Waals surface area (Å²) in [6.07, 6.45) is 0. The maximum Gasteiger partial charge on any atom is 0.340 e. The van der Waals surface area contributed by atoms with Gasteiger partial charge in [-0.25, -0.2) is 4.79 Å². The summed E-state index contributed by atoms with van der Waals surface area (Å²) in [5.41, 5.74) is 0.693. The first kappa shape index (κ1) is 17.8. The number of piperazine rings is 1. The second-order valence-electron chi connectivity index (χ2n) is 5.95. The summed E-state index contributed by atoms with van der Waals surface area (Å²) in [6, 6.07) is 4.26. The van der Waals surface area contributed by atoms with E-state index in [0.717, 1.165) is 13.1 Å². The number of ether oxygens (including phenoxy) is 1. The molecule has 0 saturated carbocycles. The van der Waals surface area contributed by atoms with Crippen LogP contribution in [0.1, 0.15) is 22.1 Å². The van der Waals surface area contributed by atoms with Crippen LogP contribution in [0.15, 0.2) is 22.7 Å². The fourth-order valence-electron chi connectivity index (χ4n) is 2.93. The Balaban J connectivity index is 1.72. The van der Waals surface area contributed by atoms with Crippen LogP contribution in [0.5, 0.6) is 0 Å². The van der Waals surface area contributed by atoms with Crippen molar-refractivity contribution >= 4 is 17.3 Å². The fourth-order valence-corrected chi connectivity index (χ4v) is 2.93. The number of esters is 1. The number of hydrogen-bond donors (Lipinski definition) is 0. The van der Waals surface area contributed by atoms with Gasteiger partial charge >= 0.3 is 5.97 Å². The lowest BCUT2D eigenvalue weighted by Crippen LogP contribution is -2.46. The van der Waals surface area contributed by atoms with Crippen molar-refractivity contribution < 1.29 is 19.0 Å². The number of aromatic nitrogens is 2. The summed E-state index contributed by atoms with van der Waals surface area (Å²) in [6.45, 7) is 5.13. The van der Waals surface area contributed by atoms with Gasteiger partial charge in [-0.05, 0) is 13.0 Å². The second-order valence-corrected chi connectivity index (χ2v) is 5.95. The SMILES string of the molecule is COC(=O)c1cc([N+](=O)[O-])ccc1N1CCN(Cc2nc(C)no2)CC1. The minimum atomic E-state index is -0.590. The number of rotatable bonds is 5. The zero-order chi connectivity index (χ0) is 18.7. The van der Waals surface area contributed by atoms with E-state index in [9.17, 15) is 14.9 Å². The fraction of sp³-hybridized carbons (Fsp3) is 0.438. The van der Waals surface area contributed by atoms with E-state index in [1.807, 2.05) is 4.90 Å². The van der Waals surface area contributed by atoms with Crippen molar-refractivity contribution in [1.29, 1.82) is 0 Å². The van der Waals surface area contributed by atoms with E-state index in [1.165, 1.54) is 19.2 Å². The summed E-state index contributed by atoms with van der Waals surface area (Å²) in [4.78, 5) is 30.9. The van der Waals surface area contributed by atoms with Crippen LogP contribution in [0.2, 0.25) is 0 Å². The molecule has 1 fully saturated rings. The number of anilines is 1. The minimum Gasteiger partial charge on any atom is -0.465 e. The standard InChI is InChI=1S/C16H19N5O5/c1-11-17-15(26-18-11)10-19-5-7-20(8-6-19)14-4-3-12(21(23)24)9-13(14)16(22)25-2/h3-4,9H,5-8,10H2,1-2H3. The molecule has 0 spiro atoms. The topological polar surface area (TPSA) is 115 Å². The van der Waals surface area contributed by atoms with Crippen molar-refractivity contribution in [2.24, 2.45) is 0 Å². The predicted molar refractivity (Wildman–Crippen MR) is 91.0 cm³/mol. The van der Waals surface area contributed by atoms with Crippen LogP contribution in [0.25, 0.3) is 0 Å². The molecule has 1 aromatic carbocycles. The van der Waals surface area contributed by atoms with Crippen LogP contribution in [0, 0.1) is 17.0 Å². The number of carbonyl (C=O) groups excluding carboxylic acids is 1. The number of aryl methyl sites for hydroxylation is 1. The molecule has 0 aliphatic carbocycles. The molecule has 0 bridgehead atoms. The lowest BCUT2D eigenvalue weighted by Gasteiger charge is -2.36. The average Bonchev–Trinajstić information content (AvgIpc) is 3.06. The van der Waals surface area contributed by atoms with Gasteiger partial charge in [-0.3, -0.25) is 15.0 Å². The number of hydrogen-bond acceptors (Lipinski definition) is 9. The van der Waals surface area contributed by atoms with E-state index in [0.29, 0.717) is 37.0 Å². The van der Waals surface area contributed by atoms with Gasteiger partial charge in [0.15, 0.2) is 5.82 Å². The molecule has 0 atom stereocenters. The van der Waals surface area contributed by atoms with E-state index < -0.39 is 10.9 Å². The third-order valence-electron chi connectivity index (χ3n) is 4.24. The number of nitrogens with zero attached hydrogens (tertiary/aromatic N) is 5. The molecule has 1 aliphatic rings. The zero-order valence-electron chi connectivity index (χ0n) is 14.5. The Morgan fingerprint density at radius 2 is 2.08 bits per heavy atom. The van der Waals surface area contributed by atoms with Gasteiger partial charge in [0.05, 0.1) is 29.8 Å². The van der Waals surface area contributed by atoms with E-state index in [4.69, 9.17) is 9.26 Å². The lowest BCUT2D eigenvalue weighted by molar-refractivity contribution is -0.384. The predicted octanol–water partition coefficient (Wildman–Crippen LogP) is 1.40. The molecule has 1 aromatic heterocycles. The molecule has 0 amide bonds. The van der Waals surface area contributed by atoms with E-state index in [1.54, 1.807) is 13.0 Å². The summed E-state index contributed by atoms with van der Waals surface area (Å²) < 4.78 is 9.92. The third kappa shape index (κ3) is 3.80. The normalized spacial score (nSPS) is 15.1. The number of non-ortho nitro benzene ring substituents is 1. The molecule has 0 radical (unpaired) electrons. The molecule has 0 unspecified atom stereocenters. The highest BCUT2D eigenvalue weighted by molar-refractivity contribution is 5.96. The Kier molecular flexibility index (Phi) is 5.12. The van der Waals surface area contributed by atoms with Gasteiger partial charge in [0.25, 0.3) is 5.69 Å². The Labute approximate surface area is 149 Å². The quantitative estimate of drug-likeness (QED) is 0.442. The molecule has 26 heavy (non-hydrogen) atoms. The van der Waals surface area contributed by atoms with E-state index in [2.05, 4.69) is 15.0 Å². The van der Waals surface area contributed by atoms with Crippen molar-refractivity contribution in [3.05, 3.63) is 45.6 Å². The van der Waals surface area contributed by atoms with Crippen molar-refractivity contribution in [2.75, 3.05) is 38.2 Å². The Hall–Kier alpha value is -3.01. The molecule has 1 saturated heterocycles. The highest BCUT2D eigenvalue weighted by atomic mass is 16.6. The van der Waals surface area contributed by atoms with Gasteiger partial charge in [0, 0.05) is 38.3 Å². The summed E-state index contributed by atoms with van der Waals surface area (Å²) in [5.74, 6) is 0.584. The average molecular weight is 361 g/mol. The summed E-state index contributed by atoms with van der Waals surface area (Å²) in [5, 5.41) is 14.8. The first-order valence-corrected chi connectivity index (χ1v) is 8.11. The minimum absolute atomic E-state index is 0.139. The van der Waals surface area contributed by atoms with Crippen LogP contribution in [-0.2, 0) is 11.3 Å². The Morgan fingerprint density at radius 3 is 2.65 bits per heavy atom. The number of benzene rings is 1. The first-order valence-electron chi connectivity index (χ1n) is 8.11. The molecule has 2 heterocycles. The van der Waals surface area contributed by atoms with Crippen molar-refractivity contribution in [1.82, 2.24) is 15.0 Å². The van der Waals surface area contributed by atoms with Crippen molar-refractivity contribution in [3.63, 3.8) is 0 Å². The highest BCUT2D eigenvalue weighted by Gasteiger charge is 2.25. The zero-order valence-corrected chi connectivity index (χ0v) is 14.5. The Bertz CT molecular complexity index is 813. The number of nitro groups is 1. The molecule has 10 heteroatoms. The van der Waals surface area contributed by atoms with Crippen LogP contribution >= 0.6 is 0 Å². The van der Waals surface area contributed by atoms with E-state index in [-0.39, 0.29) is 11.3 Å². The summed E-state index contributed by atoms with van der Waals surface area (Å²) in [7, 11) is 1.26. The van der Waals surface area contributed by atoms with Gasteiger partial charge < -0.3 is 14.2 Å². The van der Waals surface area contributed by atoms with E-state index >= 15 is 0 Å². The largest absolute Gasteiger partial charge is 0.465 e. The molecule has 1 aliphatic heterocycles.